The first kappa shape index (κ1) is 25.4. The molecule has 0 aliphatic carbocycles. The highest BCUT2D eigenvalue weighted by atomic mass is 127. The first-order chi connectivity index (χ1) is 14.5. The molecular formula is C22H35FIN7. The van der Waals surface area contributed by atoms with Crippen LogP contribution in [-0.2, 0) is 7.05 Å². The van der Waals surface area contributed by atoms with Crippen molar-refractivity contribution in [3.8, 4) is 0 Å². The van der Waals surface area contributed by atoms with Crippen LogP contribution in [0.4, 0.5) is 10.1 Å². The number of guanidine groups is 1. The Bertz CT molecular complexity index is 831. The number of rotatable bonds is 7. The number of hydrogen-bond donors (Lipinski definition) is 2. The van der Waals surface area contributed by atoms with Crippen molar-refractivity contribution in [2.75, 3.05) is 45.2 Å². The molecule has 31 heavy (non-hydrogen) atoms. The molecule has 1 aliphatic heterocycles. The van der Waals surface area contributed by atoms with E-state index >= 15 is 0 Å². The van der Waals surface area contributed by atoms with Crippen LogP contribution in [0.1, 0.15) is 31.4 Å². The van der Waals surface area contributed by atoms with E-state index in [4.69, 9.17) is 4.99 Å². The zero-order valence-corrected chi connectivity index (χ0v) is 21.2. The van der Waals surface area contributed by atoms with E-state index in [0.29, 0.717) is 12.6 Å². The number of benzene rings is 1. The van der Waals surface area contributed by atoms with Crippen LogP contribution in [0.5, 0.6) is 0 Å². The Hall–Kier alpha value is -1.88. The SMILES string of the molecule is CCNC(=NCC(c1cnn(C)c1)N(C)C)NC1CCN(c2cccc(F)c2)CC1.I. The number of halogens is 2. The van der Waals surface area contributed by atoms with Gasteiger partial charge in [0.2, 0.25) is 0 Å². The average molecular weight is 543 g/mol. The standard InChI is InChI=1S/C22H34FN7.HI/c1-5-24-22(25-15-21(28(2)3)17-14-26-29(4)16-17)27-19-9-11-30(12-10-19)20-8-6-7-18(23)13-20;/h6-8,13-14,16,19,21H,5,9-12,15H2,1-4H3,(H2,24,25,27);1H. The molecule has 1 aromatic carbocycles. The minimum absolute atomic E-state index is 0. The molecule has 1 atom stereocenters. The number of nitrogens with zero attached hydrogens (tertiary/aromatic N) is 5. The lowest BCUT2D eigenvalue weighted by molar-refractivity contribution is 0.306. The number of nitrogens with one attached hydrogen (secondary N) is 2. The third-order valence-corrected chi connectivity index (χ3v) is 5.51. The minimum Gasteiger partial charge on any atom is -0.371 e. The molecule has 1 aromatic heterocycles. The number of likely N-dealkylation sites (N-methyl/N-ethyl adjacent to an activating group) is 1. The summed E-state index contributed by atoms with van der Waals surface area (Å²) in [7, 11) is 6.06. The fourth-order valence-electron chi connectivity index (χ4n) is 3.83. The van der Waals surface area contributed by atoms with Crippen LogP contribution in [0.15, 0.2) is 41.7 Å². The molecule has 7 nitrogen and oxygen atoms in total. The molecule has 1 saturated heterocycles. The van der Waals surface area contributed by atoms with Gasteiger partial charge in [-0.2, -0.15) is 5.10 Å². The van der Waals surface area contributed by atoms with Crippen LogP contribution in [0.25, 0.3) is 0 Å². The second kappa shape index (κ2) is 12.2. The summed E-state index contributed by atoms with van der Waals surface area (Å²) in [6.45, 7) is 5.34. The molecule has 2 heterocycles. The largest absolute Gasteiger partial charge is 0.371 e. The Morgan fingerprint density at radius 3 is 2.65 bits per heavy atom. The molecule has 172 valence electrons. The van der Waals surface area contributed by atoms with Crippen molar-refractivity contribution in [1.82, 2.24) is 25.3 Å². The van der Waals surface area contributed by atoms with Crippen LogP contribution in [0.3, 0.4) is 0 Å². The first-order valence-electron chi connectivity index (χ1n) is 10.7. The van der Waals surface area contributed by atoms with Crippen molar-refractivity contribution in [2.45, 2.75) is 31.8 Å². The van der Waals surface area contributed by atoms with Gasteiger partial charge < -0.3 is 20.4 Å². The molecule has 0 radical (unpaired) electrons. The summed E-state index contributed by atoms with van der Waals surface area (Å²) in [5, 5.41) is 11.3. The van der Waals surface area contributed by atoms with Crippen molar-refractivity contribution in [3.63, 3.8) is 0 Å². The maximum Gasteiger partial charge on any atom is 0.191 e. The van der Waals surface area contributed by atoms with Gasteiger partial charge in [0.1, 0.15) is 5.82 Å². The minimum atomic E-state index is -0.182. The molecule has 9 heteroatoms. The van der Waals surface area contributed by atoms with Gasteiger partial charge in [-0.25, -0.2) is 4.39 Å². The highest BCUT2D eigenvalue weighted by Gasteiger charge is 2.21. The zero-order valence-electron chi connectivity index (χ0n) is 18.9. The smallest absolute Gasteiger partial charge is 0.191 e. The lowest BCUT2D eigenvalue weighted by atomic mass is 10.0. The molecule has 0 bridgehead atoms. The molecule has 0 spiro atoms. The topological polar surface area (TPSA) is 60.7 Å². The van der Waals surface area contributed by atoms with Crippen molar-refractivity contribution in [1.29, 1.82) is 0 Å². The molecule has 3 rings (SSSR count). The molecule has 1 fully saturated rings. The van der Waals surface area contributed by atoms with Gasteiger partial charge in [-0.15, -0.1) is 24.0 Å². The highest BCUT2D eigenvalue weighted by Crippen LogP contribution is 2.21. The van der Waals surface area contributed by atoms with E-state index < -0.39 is 0 Å². The van der Waals surface area contributed by atoms with E-state index in [1.54, 1.807) is 12.1 Å². The van der Waals surface area contributed by atoms with Gasteiger partial charge in [0.25, 0.3) is 0 Å². The molecule has 2 N–H and O–H groups in total. The van der Waals surface area contributed by atoms with Gasteiger partial charge >= 0.3 is 0 Å². The lowest BCUT2D eigenvalue weighted by Gasteiger charge is -2.34. The maximum absolute atomic E-state index is 13.5. The Morgan fingerprint density at radius 1 is 1.32 bits per heavy atom. The molecule has 0 amide bonds. The van der Waals surface area contributed by atoms with Crippen molar-refractivity contribution < 1.29 is 4.39 Å². The van der Waals surface area contributed by atoms with Crippen LogP contribution in [0, 0.1) is 5.82 Å². The number of piperidine rings is 1. The Morgan fingerprint density at radius 2 is 2.06 bits per heavy atom. The predicted octanol–water partition coefficient (Wildman–Crippen LogP) is 3.00. The zero-order chi connectivity index (χ0) is 21.5. The second-order valence-corrected chi connectivity index (χ2v) is 8.03. The second-order valence-electron chi connectivity index (χ2n) is 8.03. The summed E-state index contributed by atoms with van der Waals surface area (Å²) < 4.78 is 15.3. The number of aryl methyl sites for hydroxylation is 1. The van der Waals surface area contributed by atoms with Crippen LogP contribution in [-0.4, -0.2) is 67.0 Å². The van der Waals surface area contributed by atoms with Gasteiger partial charge in [-0.3, -0.25) is 9.67 Å². The monoisotopic (exact) mass is 543 g/mol. The van der Waals surface area contributed by atoms with E-state index in [-0.39, 0.29) is 35.8 Å². The Kier molecular flexibility index (Phi) is 10.0. The van der Waals surface area contributed by atoms with Gasteiger partial charge in [0.15, 0.2) is 5.96 Å². The van der Waals surface area contributed by atoms with E-state index in [1.165, 1.54) is 6.07 Å². The fourth-order valence-corrected chi connectivity index (χ4v) is 3.83. The van der Waals surface area contributed by atoms with E-state index in [0.717, 1.165) is 49.7 Å². The summed E-state index contributed by atoms with van der Waals surface area (Å²) in [6, 6.07) is 7.37. The summed E-state index contributed by atoms with van der Waals surface area (Å²) in [5.41, 5.74) is 2.12. The molecule has 1 unspecified atom stereocenters. The molecule has 1 aliphatic rings. The number of aliphatic imine (C=N–C) groups is 1. The first-order valence-corrected chi connectivity index (χ1v) is 10.7. The third-order valence-electron chi connectivity index (χ3n) is 5.51. The summed E-state index contributed by atoms with van der Waals surface area (Å²) in [4.78, 5) is 9.27. The van der Waals surface area contributed by atoms with Gasteiger partial charge in [0, 0.05) is 50.2 Å². The lowest BCUT2D eigenvalue weighted by Crippen LogP contribution is -2.49. The van der Waals surface area contributed by atoms with Crippen LogP contribution >= 0.6 is 24.0 Å². The van der Waals surface area contributed by atoms with Gasteiger partial charge in [0.05, 0.1) is 18.8 Å². The fraction of sp³-hybridized carbons (Fsp3) is 0.545. The summed E-state index contributed by atoms with van der Waals surface area (Å²) in [5.74, 6) is 0.663. The summed E-state index contributed by atoms with van der Waals surface area (Å²) in [6.07, 6.45) is 5.92. The quantitative estimate of drug-likeness (QED) is 0.320. The number of hydrogen-bond acceptors (Lipinski definition) is 4. The predicted molar refractivity (Wildman–Crippen MR) is 136 cm³/mol. The normalized spacial score (nSPS) is 16.2. The number of anilines is 1. The average Bonchev–Trinajstić information content (AvgIpc) is 3.14. The van der Waals surface area contributed by atoms with Gasteiger partial charge in [-0.1, -0.05) is 6.07 Å². The Labute approximate surface area is 202 Å². The Balaban J connectivity index is 0.00000341. The van der Waals surface area contributed by atoms with Crippen molar-refractivity contribution in [2.24, 2.45) is 12.0 Å². The highest BCUT2D eigenvalue weighted by molar-refractivity contribution is 14.0. The van der Waals surface area contributed by atoms with E-state index in [9.17, 15) is 4.39 Å². The van der Waals surface area contributed by atoms with Crippen molar-refractivity contribution in [3.05, 3.63) is 48.0 Å². The molecule has 0 saturated carbocycles. The van der Waals surface area contributed by atoms with Crippen LogP contribution < -0.4 is 15.5 Å². The van der Waals surface area contributed by atoms with Crippen molar-refractivity contribution >= 4 is 35.6 Å². The molecule has 2 aromatic rings. The van der Waals surface area contributed by atoms with E-state index in [2.05, 4.69) is 46.6 Å². The number of aromatic nitrogens is 2. The van der Waals surface area contributed by atoms with Crippen LogP contribution in [0.2, 0.25) is 0 Å². The maximum atomic E-state index is 13.5. The molecular weight excluding hydrogens is 508 g/mol. The summed E-state index contributed by atoms with van der Waals surface area (Å²) >= 11 is 0. The third kappa shape index (κ3) is 7.34. The van der Waals surface area contributed by atoms with Gasteiger partial charge in [-0.05, 0) is 52.1 Å². The van der Waals surface area contributed by atoms with E-state index in [1.807, 2.05) is 30.2 Å².